The van der Waals surface area contributed by atoms with Gasteiger partial charge in [-0.25, -0.2) is 0 Å². The first-order chi connectivity index (χ1) is 14.2. The van der Waals surface area contributed by atoms with Crippen molar-refractivity contribution < 1.29 is 21.5 Å². The van der Waals surface area contributed by atoms with Gasteiger partial charge in [-0.3, -0.25) is 0 Å². The monoisotopic (exact) mass is 458 g/mol. The van der Waals surface area contributed by atoms with Crippen LogP contribution in [0.25, 0.3) is 0 Å². The van der Waals surface area contributed by atoms with Gasteiger partial charge in [0.1, 0.15) is 12.0 Å². The van der Waals surface area contributed by atoms with Crippen molar-refractivity contribution in [2.24, 2.45) is 5.41 Å². The minimum atomic E-state index is -0.595. The number of quaternary nitrogens is 1. The number of hydrogen-bond donors (Lipinski definition) is 0. The van der Waals surface area contributed by atoms with Crippen LogP contribution in [0.15, 0.2) is 91.0 Å². The Balaban J connectivity index is 0.00000218. The third kappa shape index (κ3) is 3.11. The van der Waals surface area contributed by atoms with E-state index in [-0.39, 0.29) is 22.4 Å². The zero-order chi connectivity index (χ0) is 19.8. The van der Waals surface area contributed by atoms with Crippen molar-refractivity contribution in [2.45, 2.75) is 24.8 Å². The average Bonchev–Trinajstić information content (AvgIpc) is 3.34. The average molecular weight is 459 g/mol. The number of halogens is 1. The van der Waals surface area contributed by atoms with Gasteiger partial charge < -0.3 is 21.5 Å². The molecule has 3 aromatic rings. The summed E-state index contributed by atoms with van der Waals surface area (Å²) in [7, 11) is 0. The minimum absolute atomic E-state index is 0. The van der Waals surface area contributed by atoms with Crippen LogP contribution < -0.4 is 17.0 Å². The van der Waals surface area contributed by atoms with Crippen molar-refractivity contribution in [3.05, 3.63) is 108 Å². The van der Waals surface area contributed by atoms with Gasteiger partial charge in [0.25, 0.3) is 0 Å². The fourth-order valence-electron chi connectivity index (χ4n) is 6.18. The Morgan fingerprint density at radius 3 is 1.70 bits per heavy atom. The number of rotatable bonds is 5. The normalized spacial score (nSPS) is 24.8. The predicted octanol–water partition coefficient (Wildman–Crippen LogP) is 2.31. The van der Waals surface area contributed by atoms with E-state index >= 15 is 0 Å². The zero-order valence-electron chi connectivity index (χ0n) is 17.2. The van der Waals surface area contributed by atoms with Gasteiger partial charge in [0.05, 0.1) is 31.1 Å². The minimum Gasteiger partial charge on any atom is -1.00 e. The highest BCUT2D eigenvalue weighted by Gasteiger charge is 2.66. The summed E-state index contributed by atoms with van der Waals surface area (Å²) >= 11 is 0. The van der Waals surface area contributed by atoms with E-state index in [1.807, 2.05) is 12.1 Å². The molecule has 0 saturated carbocycles. The second kappa shape index (κ2) is 8.02. The maximum atomic E-state index is 10.8. The van der Waals surface area contributed by atoms with Crippen molar-refractivity contribution in [1.82, 2.24) is 0 Å². The van der Waals surface area contributed by atoms with Gasteiger partial charge in [-0.05, 0) is 11.1 Å². The molecule has 0 aliphatic carbocycles. The Morgan fingerprint density at radius 1 is 0.767 bits per heavy atom. The predicted molar refractivity (Wildman–Crippen MR) is 116 cm³/mol. The van der Waals surface area contributed by atoms with Crippen LogP contribution in [0.2, 0.25) is 0 Å². The maximum Gasteiger partial charge on any atom is 0.118 e. The molecule has 0 atom stereocenters. The van der Waals surface area contributed by atoms with Crippen molar-refractivity contribution >= 4 is 0 Å². The van der Waals surface area contributed by atoms with Crippen LogP contribution in [0.1, 0.15) is 29.5 Å². The molecule has 0 radical (unpaired) electrons. The Kier molecular flexibility index (Phi) is 5.57. The molecule has 0 aromatic heterocycles. The van der Waals surface area contributed by atoms with Crippen LogP contribution >= 0.6 is 0 Å². The summed E-state index contributed by atoms with van der Waals surface area (Å²) in [5.74, 6) is 0. The number of fused-ring (bicyclic) bond motifs is 2. The van der Waals surface area contributed by atoms with Crippen molar-refractivity contribution in [1.29, 1.82) is 5.26 Å². The van der Waals surface area contributed by atoms with E-state index in [2.05, 4.69) is 84.9 Å². The fraction of sp³-hybridized carbons (Fsp3) is 0.296. The van der Waals surface area contributed by atoms with E-state index in [1.54, 1.807) is 0 Å². The molecule has 2 bridgehead atoms. The van der Waals surface area contributed by atoms with Crippen LogP contribution in [0.3, 0.4) is 0 Å². The van der Waals surface area contributed by atoms with Crippen LogP contribution in [0, 0.1) is 16.7 Å². The largest absolute Gasteiger partial charge is 1.00 e. The van der Waals surface area contributed by atoms with Gasteiger partial charge in [-0.2, -0.15) is 5.26 Å². The Hall–Kier alpha value is -2.41. The van der Waals surface area contributed by atoms with Crippen molar-refractivity contribution in [3.8, 4) is 6.07 Å². The molecule has 0 amide bonds. The maximum absolute atomic E-state index is 10.8. The van der Waals surface area contributed by atoms with Crippen LogP contribution in [-0.2, 0) is 12.0 Å². The molecular weight excluding hydrogens is 432 g/mol. The Bertz CT molecular complexity index is 977. The molecule has 2 fully saturated rings. The summed E-state index contributed by atoms with van der Waals surface area (Å²) in [6, 6.07) is 34.8. The number of piperidine rings is 1. The summed E-state index contributed by atoms with van der Waals surface area (Å²) < 4.78 is 1.12. The molecule has 2 nitrogen and oxygen atoms in total. The van der Waals surface area contributed by atoms with E-state index in [4.69, 9.17) is 0 Å². The van der Waals surface area contributed by atoms with Gasteiger partial charge in [-0.15, -0.1) is 0 Å². The number of hydrogen-bond acceptors (Lipinski definition) is 1. The Labute approximate surface area is 190 Å². The van der Waals surface area contributed by atoms with Crippen LogP contribution in [0.4, 0.5) is 0 Å². The number of benzene rings is 3. The molecular formula is C27H27BrN2. The van der Waals surface area contributed by atoms with E-state index in [0.717, 1.165) is 54.6 Å². The first-order valence-electron chi connectivity index (χ1n) is 10.6. The molecule has 5 rings (SSSR count). The third-order valence-electron chi connectivity index (χ3n) is 7.51. The van der Waals surface area contributed by atoms with Gasteiger partial charge in [0, 0.05) is 18.4 Å². The highest BCUT2D eigenvalue weighted by molar-refractivity contribution is 5.49. The highest BCUT2D eigenvalue weighted by Crippen LogP contribution is 2.59. The lowest BCUT2D eigenvalue weighted by Gasteiger charge is -2.41. The van der Waals surface area contributed by atoms with Gasteiger partial charge >= 0.3 is 0 Å². The first kappa shape index (κ1) is 20.8. The molecule has 0 unspecified atom stereocenters. The van der Waals surface area contributed by atoms with Gasteiger partial charge in [-0.1, -0.05) is 91.0 Å². The van der Waals surface area contributed by atoms with Gasteiger partial charge in [0.15, 0.2) is 0 Å². The lowest BCUT2D eigenvalue weighted by atomic mass is 9.56. The summed E-state index contributed by atoms with van der Waals surface area (Å²) in [5, 5.41) is 10.8. The van der Waals surface area contributed by atoms with Crippen LogP contribution in [0.5, 0.6) is 0 Å². The van der Waals surface area contributed by atoms with Crippen molar-refractivity contribution in [2.75, 3.05) is 19.6 Å². The standard InChI is InChI=1S/C27H27N2.BrH/c28-21-27(24-12-6-2-7-13-24,25-14-8-3-9-15-25)26-16-18-29(22-26,19-17-26)20-23-10-4-1-5-11-23;/h1-15H,16-20,22H2;1H/q+1;/p-1. The molecule has 3 heteroatoms. The lowest BCUT2D eigenvalue weighted by molar-refractivity contribution is -0.922. The van der Waals surface area contributed by atoms with Gasteiger partial charge in [0.2, 0.25) is 0 Å². The van der Waals surface area contributed by atoms with E-state index < -0.39 is 5.41 Å². The molecule has 152 valence electrons. The summed E-state index contributed by atoms with van der Waals surface area (Å²) in [5.41, 5.74) is 3.10. The summed E-state index contributed by atoms with van der Waals surface area (Å²) in [6.45, 7) is 4.49. The molecule has 2 heterocycles. The highest BCUT2D eigenvalue weighted by atomic mass is 79.9. The second-order valence-corrected chi connectivity index (χ2v) is 8.96. The van der Waals surface area contributed by atoms with Crippen molar-refractivity contribution in [3.63, 3.8) is 0 Å². The quantitative estimate of drug-likeness (QED) is 0.538. The molecule has 30 heavy (non-hydrogen) atoms. The number of nitrogens with zero attached hydrogens (tertiary/aromatic N) is 2. The van der Waals surface area contributed by atoms with E-state index in [0.29, 0.717) is 0 Å². The zero-order valence-corrected chi connectivity index (χ0v) is 18.8. The van der Waals surface area contributed by atoms with E-state index in [1.165, 1.54) is 5.56 Å². The van der Waals surface area contributed by atoms with Crippen LogP contribution in [-0.4, -0.2) is 24.1 Å². The summed E-state index contributed by atoms with van der Waals surface area (Å²) in [4.78, 5) is 0. The molecule has 2 aliphatic rings. The third-order valence-corrected chi connectivity index (χ3v) is 7.51. The fourth-order valence-corrected chi connectivity index (χ4v) is 6.18. The topological polar surface area (TPSA) is 23.8 Å². The Morgan fingerprint density at radius 2 is 1.23 bits per heavy atom. The molecule has 3 aromatic carbocycles. The molecule has 2 saturated heterocycles. The SMILES string of the molecule is N#CC(c1ccccc1)(c1ccccc1)C12CC[N+](Cc3ccccc3)(CC1)C2.[Br-]. The lowest BCUT2D eigenvalue weighted by Crippen LogP contribution is -3.00. The summed E-state index contributed by atoms with van der Waals surface area (Å²) in [6.07, 6.45) is 2.22. The first-order valence-corrected chi connectivity index (χ1v) is 10.6. The second-order valence-electron chi connectivity index (χ2n) is 8.96. The smallest absolute Gasteiger partial charge is 0.118 e. The molecule has 0 N–H and O–H groups in total. The molecule has 2 aliphatic heterocycles. The molecule has 0 spiro atoms. The van der Waals surface area contributed by atoms with E-state index in [9.17, 15) is 5.26 Å². The number of nitriles is 1.